The lowest BCUT2D eigenvalue weighted by atomic mass is 9.84. The molecule has 4 nitrogen and oxygen atoms in total. The molecule has 1 fully saturated rings. The molecule has 0 radical (unpaired) electrons. The molecule has 0 spiro atoms. The summed E-state index contributed by atoms with van der Waals surface area (Å²) in [6, 6.07) is 5.53. The third-order valence-electron chi connectivity index (χ3n) is 4.74. The van der Waals surface area contributed by atoms with E-state index in [1.807, 2.05) is 7.05 Å². The lowest BCUT2D eigenvalue weighted by Crippen LogP contribution is -2.39. The summed E-state index contributed by atoms with van der Waals surface area (Å²) in [5, 5.41) is 3.56. The predicted octanol–water partition coefficient (Wildman–Crippen LogP) is 4.64. The molecular formula is C18H20ClF3N4. The normalized spacial score (nSPS) is 21.6. The van der Waals surface area contributed by atoms with Crippen molar-refractivity contribution >= 4 is 17.4 Å². The molecule has 1 N–H and O–H groups in total. The number of likely N-dealkylation sites (tertiary alicyclic amines) is 1. The van der Waals surface area contributed by atoms with Crippen molar-refractivity contribution in [3.63, 3.8) is 0 Å². The molecule has 1 aliphatic heterocycles. The summed E-state index contributed by atoms with van der Waals surface area (Å²) >= 11 is 5.85. The number of piperidine rings is 1. The molecule has 8 heteroatoms. The van der Waals surface area contributed by atoms with Crippen LogP contribution >= 0.6 is 11.6 Å². The molecule has 140 valence electrons. The first kappa shape index (κ1) is 18.9. The molecule has 0 amide bonds. The van der Waals surface area contributed by atoms with Crippen LogP contribution in [0.4, 0.5) is 19.0 Å². The van der Waals surface area contributed by atoms with Crippen LogP contribution in [0.1, 0.15) is 30.0 Å². The number of anilines is 1. The molecule has 1 aromatic carbocycles. The summed E-state index contributed by atoms with van der Waals surface area (Å²) in [5.41, 5.74) is 0.271. The smallest absolute Gasteiger partial charge is 0.368 e. The maximum absolute atomic E-state index is 12.8. The minimum absolute atomic E-state index is 0.0469. The first-order valence-corrected chi connectivity index (χ1v) is 8.81. The predicted molar refractivity (Wildman–Crippen MR) is 95.1 cm³/mol. The number of hydrogen-bond acceptors (Lipinski definition) is 4. The third kappa shape index (κ3) is 4.45. The maximum atomic E-state index is 12.8. The van der Waals surface area contributed by atoms with Crippen molar-refractivity contribution < 1.29 is 13.2 Å². The number of halogens is 4. The second-order valence-electron chi connectivity index (χ2n) is 6.56. The second kappa shape index (κ2) is 7.80. The molecule has 2 atom stereocenters. The van der Waals surface area contributed by atoms with E-state index >= 15 is 0 Å². The van der Waals surface area contributed by atoms with E-state index in [-0.39, 0.29) is 12.0 Å². The highest BCUT2D eigenvalue weighted by Crippen LogP contribution is 2.37. The zero-order chi connectivity index (χ0) is 18.7. The lowest BCUT2D eigenvalue weighted by molar-refractivity contribution is -0.137. The SMILES string of the molecule is CN1CCCC(CNc2cncc(Cl)n2)C1c1ccc(C(F)(F)F)cc1. The van der Waals surface area contributed by atoms with E-state index in [0.717, 1.165) is 37.1 Å². The fourth-order valence-electron chi connectivity index (χ4n) is 3.53. The van der Waals surface area contributed by atoms with Crippen molar-refractivity contribution in [3.05, 3.63) is 52.9 Å². The number of nitrogens with zero attached hydrogens (tertiary/aromatic N) is 3. The first-order chi connectivity index (χ1) is 12.3. The van der Waals surface area contributed by atoms with Gasteiger partial charge in [-0.1, -0.05) is 23.7 Å². The number of alkyl halides is 3. The van der Waals surface area contributed by atoms with Gasteiger partial charge in [-0.05, 0) is 50.0 Å². The van der Waals surface area contributed by atoms with E-state index in [1.165, 1.54) is 6.20 Å². The van der Waals surface area contributed by atoms with Crippen LogP contribution in [-0.4, -0.2) is 35.0 Å². The Morgan fingerprint density at radius 1 is 1.23 bits per heavy atom. The standard InChI is InChI=1S/C18H20ClF3N4/c1-26-8-2-3-13(9-24-16-11-23-10-15(19)25-16)17(26)12-4-6-14(7-5-12)18(20,21)22/h4-7,10-11,13,17H,2-3,8-9H2,1H3,(H,24,25). The van der Waals surface area contributed by atoms with Gasteiger partial charge in [0.05, 0.1) is 18.0 Å². The van der Waals surface area contributed by atoms with Crippen molar-refractivity contribution in [2.45, 2.75) is 25.1 Å². The third-order valence-corrected chi connectivity index (χ3v) is 4.92. The van der Waals surface area contributed by atoms with Crippen LogP contribution in [0.5, 0.6) is 0 Å². The van der Waals surface area contributed by atoms with Crippen LogP contribution < -0.4 is 5.32 Å². The van der Waals surface area contributed by atoms with Crippen molar-refractivity contribution in [1.29, 1.82) is 0 Å². The van der Waals surface area contributed by atoms with Gasteiger partial charge < -0.3 is 5.32 Å². The van der Waals surface area contributed by atoms with Gasteiger partial charge in [-0.2, -0.15) is 13.2 Å². The minimum atomic E-state index is -4.32. The van der Waals surface area contributed by atoms with Crippen LogP contribution in [0.2, 0.25) is 5.15 Å². The molecule has 1 saturated heterocycles. The quantitative estimate of drug-likeness (QED) is 0.833. The average Bonchev–Trinajstić information content (AvgIpc) is 2.59. The van der Waals surface area contributed by atoms with Crippen LogP contribution in [-0.2, 0) is 6.18 Å². The number of aromatic nitrogens is 2. The maximum Gasteiger partial charge on any atom is 0.416 e. The molecule has 3 rings (SSSR count). The topological polar surface area (TPSA) is 41.0 Å². The summed E-state index contributed by atoms with van der Waals surface area (Å²) in [6.45, 7) is 1.56. The van der Waals surface area contributed by atoms with Gasteiger partial charge in [0, 0.05) is 12.6 Å². The Hall–Kier alpha value is -1.86. The Balaban J connectivity index is 1.75. The van der Waals surface area contributed by atoms with E-state index in [4.69, 9.17) is 11.6 Å². The van der Waals surface area contributed by atoms with Gasteiger partial charge in [0.25, 0.3) is 0 Å². The molecule has 0 aliphatic carbocycles. The van der Waals surface area contributed by atoms with Crippen molar-refractivity contribution in [1.82, 2.24) is 14.9 Å². The van der Waals surface area contributed by atoms with Crippen molar-refractivity contribution in [2.75, 3.05) is 25.5 Å². The van der Waals surface area contributed by atoms with Gasteiger partial charge in [0.2, 0.25) is 0 Å². The number of hydrogen-bond donors (Lipinski definition) is 1. The second-order valence-corrected chi connectivity index (χ2v) is 6.94. The molecule has 1 aliphatic rings. The fourth-order valence-corrected chi connectivity index (χ4v) is 3.68. The molecule has 1 aromatic heterocycles. The van der Waals surface area contributed by atoms with Gasteiger partial charge in [-0.3, -0.25) is 9.88 Å². The number of rotatable bonds is 4. The Kier molecular flexibility index (Phi) is 5.67. The van der Waals surface area contributed by atoms with Crippen molar-refractivity contribution in [2.24, 2.45) is 5.92 Å². The zero-order valence-corrected chi connectivity index (χ0v) is 15.1. The number of benzene rings is 1. The molecule has 2 unspecified atom stereocenters. The average molecular weight is 385 g/mol. The Morgan fingerprint density at radius 2 is 1.96 bits per heavy atom. The Morgan fingerprint density at radius 3 is 2.62 bits per heavy atom. The largest absolute Gasteiger partial charge is 0.416 e. The van der Waals surface area contributed by atoms with Gasteiger partial charge in [-0.15, -0.1) is 0 Å². The fraction of sp³-hybridized carbons (Fsp3) is 0.444. The first-order valence-electron chi connectivity index (χ1n) is 8.43. The van der Waals surface area contributed by atoms with Crippen LogP contribution in [0, 0.1) is 5.92 Å². The zero-order valence-electron chi connectivity index (χ0n) is 14.3. The van der Waals surface area contributed by atoms with Crippen molar-refractivity contribution in [3.8, 4) is 0 Å². The summed E-state index contributed by atoms with van der Waals surface area (Å²) in [5.74, 6) is 0.836. The highest BCUT2D eigenvalue weighted by atomic mass is 35.5. The molecule has 26 heavy (non-hydrogen) atoms. The van der Waals surface area contributed by atoms with Gasteiger partial charge in [0.15, 0.2) is 0 Å². The molecular weight excluding hydrogens is 365 g/mol. The van der Waals surface area contributed by atoms with E-state index in [0.29, 0.717) is 17.5 Å². The van der Waals surface area contributed by atoms with Gasteiger partial charge in [-0.25, -0.2) is 4.98 Å². The molecule has 2 heterocycles. The highest BCUT2D eigenvalue weighted by Gasteiger charge is 2.33. The molecule has 0 bridgehead atoms. The van der Waals surface area contributed by atoms with E-state index in [1.54, 1.807) is 18.3 Å². The summed E-state index contributed by atoms with van der Waals surface area (Å²) in [7, 11) is 2.01. The van der Waals surface area contributed by atoms with E-state index in [9.17, 15) is 13.2 Å². The van der Waals surface area contributed by atoms with Gasteiger partial charge in [0.1, 0.15) is 11.0 Å². The minimum Gasteiger partial charge on any atom is -0.368 e. The Labute approximate surface area is 155 Å². The van der Waals surface area contributed by atoms with Crippen LogP contribution in [0.3, 0.4) is 0 Å². The summed E-state index contributed by atoms with van der Waals surface area (Å²) in [6.07, 6.45) is 0.777. The van der Waals surface area contributed by atoms with Gasteiger partial charge >= 0.3 is 6.18 Å². The highest BCUT2D eigenvalue weighted by molar-refractivity contribution is 6.29. The lowest BCUT2D eigenvalue weighted by Gasteiger charge is -2.39. The molecule has 0 saturated carbocycles. The van der Waals surface area contributed by atoms with Crippen LogP contribution in [0.15, 0.2) is 36.7 Å². The van der Waals surface area contributed by atoms with Crippen LogP contribution in [0.25, 0.3) is 0 Å². The monoisotopic (exact) mass is 384 g/mol. The van der Waals surface area contributed by atoms with E-state index in [2.05, 4.69) is 20.2 Å². The summed E-state index contributed by atoms with van der Waals surface area (Å²) < 4.78 is 38.4. The summed E-state index contributed by atoms with van der Waals surface area (Å²) in [4.78, 5) is 10.4. The molecule has 2 aromatic rings. The number of nitrogens with one attached hydrogen (secondary N) is 1. The Bertz CT molecular complexity index is 736. The van der Waals surface area contributed by atoms with E-state index < -0.39 is 11.7 Å².